The zero-order valence-corrected chi connectivity index (χ0v) is 13.8. The SMILES string of the molecule is CC1CCc2sc(C(=O)N3CC(=O)Nc4ccccc43)cc2C1. The van der Waals surface area contributed by atoms with E-state index < -0.39 is 0 Å². The van der Waals surface area contributed by atoms with Gasteiger partial charge in [-0.25, -0.2) is 0 Å². The van der Waals surface area contributed by atoms with Gasteiger partial charge in [0.1, 0.15) is 6.54 Å². The van der Waals surface area contributed by atoms with Crippen LogP contribution in [0.1, 0.15) is 33.5 Å². The fraction of sp³-hybridized carbons (Fsp3) is 0.333. The average Bonchev–Trinajstić information content (AvgIpc) is 2.96. The second kappa shape index (κ2) is 5.49. The summed E-state index contributed by atoms with van der Waals surface area (Å²) in [6, 6.07) is 9.49. The van der Waals surface area contributed by atoms with Crippen LogP contribution in [0.25, 0.3) is 0 Å². The van der Waals surface area contributed by atoms with Gasteiger partial charge in [-0.3, -0.25) is 14.5 Å². The minimum Gasteiger partial charge on any atom is -0.323 e. The number of nitrogens with zero attached hydrogens (tertiary/aromatic N) is 1. The first-order chi connectivity index (χ1) is 11.1. The van der Waals surface area contributed by atoms with Crippen molar-refractivity contribution in [2.75, 3.05) is 16.8 Å². The van der Waals surface area contributed by atoms with E-state index in [9.17, 15) is 9.59 Å². The van der Waals surface area contributed by atoms with Gasteiger partial charge in [-0.1, -0.05) is 19.1 Å². The number of hydrogen-bond acceptors (Lipinski definition) is 3. The maximum Gasteiger partial charge on any atom is 0.268 e. The van der Waals surface area contributed by atoms with E-state index in [1.165, 1.54) is 16.9 Å². The number of hydrogen-bond donors (Lipinski definition) is 1. The predicted octanol–water partition coefficient (Wildman–Crippen LogP) is 3.47. The van der Waals surface area contributed by atoms with Crippen LogP contribution in [0.2, 0.25) is 0 Å². The molecular weight excluding hydrogens is 308 g/mol. The predicted molar refractivity (Wildman–Crippen MR) is 92.3 cm³/mol. The molecule has 1 aromatic carbocycles. The molecule has 1 aliphatic heterocycles. The number of fused-ring (bicyclic) bond motifs is 2. The first kappa shape index (κ1) is 14.5. The van der Waals surface area contributed by atoms with Crippen LogP contribution in [0.5, 0.6) is 0 Å². The summed E-state index contributed by atoms with van der Waals surface area (Å²) in [7, 11) is 0. The summed E-state index contributed by atoms with van der Waals surface area (Å²) in [5.74, 6) is 0.466. The zero-order valence-electron chi connectivity index (χ0n) is 13.0. The Hall–Kier alpha value is -2.14. The van der Waals surface area contributed by atoms with E-state index >= 15 is 0 Å². The van der Waals surface area contributed by atoms with Gasteiger partial charge < -0.3 is 5.32 Å². The minimum atomic E-state index is -0.146. The number of rotatable bonds is 1. The molecule has 2 aliphatic rings. The lowest BCUT2D eigenvalue weighted by atomic mass is 9.90. The van der Waals surface area contributed by atoms with Crippen molar-refractivity contribution in [1.29, 1.82) is 0 Å². The zero-order chi connectivity index (χ0) is 16.0. The summed E-state index contributed by atoms with van der Waals surface area (Å²) in [5.41, 5.74) is 2.79. The van der Waals surface area contributed by atoms with Gasteiger partial charge in [-0.15, -0.1) is 11.3 Å². The summed E-state index contributed by atoms with van der Waals surface area (Å²) in [6.07, 6.45) is 3.30. The van der Waals surface area contributed by atoms with E-state index in [2.05, 4.69) is 12.2 Å². The highest BCUT2D eigenvalue weighted by Gasteiger charge is 2.29. The minimum absolute atomic E-state index is 0.0700. The third-order valence-electron chi connectivity index (χ3n) is 4.56. The van der Waals surface area contributed by atoms with E-state index in [0.717, 1.165) is 23.4 Å². The molecule has 0 radical (unpaired) electrons. The van der Waals surface area contributed by atoms with Gasteiger partial charge in [-0.2, -0.15) is 0 Å². The topological polar surface area (TPSA) is 49.4 Å². The largest absolute Gasteiger partial charge is 0.323 e. The maximum absolute atomic E-state index is 13.0. The molecule has 23 heavy (non-hydrogen) atoms. The summed E-state index contributed by atoms with van der Waals surface area (Å²) < 4.78 is 0. The molecule has 5 heteroatoms. The van der Waals surface area contributed by atoms with E-state index in [0.29, 0.717) is 11.6 Å². The molecule has 0 saturated carbocycles. The van der Waals surface area contributed by atoms with Crippen molar-refractivity contribution < 1.29 is 9.59 Å². The number of amides is 2. The van der Waals surface area contributed by atoms with E-state index in [4.69, 9.17) is 0 Å². The Morgan fingerprint density at radius 1 is 1.35 bits per heavy atom. The fourth-order valence-electron chi connectivity index (χ4n) is 3.36. The molecule has 118 valence electrons. The number of carbonyl (C=O) groups excluding carboxylic acids is 2. The molecule has 4 nitrogen and oxygen atoms in total. The molecule has 1 aromatic heterocycles. The van der Waals surface area contributed by atoms with E-state index in [1.807, 2.05) is 30.3 Å². The quantitative estimate of drug-likeness (QED) is 0.872. The molecule has 2 aromatic rings. The van der Waals surface area contributed by atoms with E-state index in [1.54, 1.807) is 16.2 Å². The van der Waals surface area contributed by atoms with Crippen LogP contribution in [-0.2, 0) is 17.6 Å². The number of para-hydroxylation sites is 2. The molecular formula is C18H18N2O2S. The van der Waals surface area contributed by atoms with Gasteiger partial charge in [0.2, 0.25) is 5.91 Å². The number of carbonyl (C=O) groups is 2. The lowest BCUT2D eigenvalue weighted by Gasteiger charge is -2.28. The number of nitrogens with one attached hydrogen (secondary N) is 1. The molecule has 0 saturated heterocycles. The molecule has 1 unspecified atom stereocenters. The highest BCUT2D eigenvalue weighted by Crippen LogP contribution is 2.35. The Bertz CT molecular complexity index is 796. The van der Waals surface area contributed by atoms with Crippen LogP contribution in [0.15, 0.2) is 30.3 Å². The van der Waals surface area contributed by atoms with Crippen molar-refractivity contribution in [2.24, 2.45) is 5.92 Å². The van der Waals surface area contributed by atoms with Gasteiger partial charge >= 0.3 is 0 Å². The highest BCUT2D eigenvalue weighted by molar-refractivity contribution is 7.14. The van der Waals surface area contributed by atoms with Crippen LogP contribution in [0.3, 0.4) is 0 Å². The van der Waals surface area contributed by atoms with Gasteiger partial charge in [-0.05, 0) is 48.9 Å². The number of aryl methyl sites for hydroxylation is 1. The average molecular weight is 326 g/mol. The second-order valence-corrected chi connectivity index (χ2v) is 7.50. The normalized spacial score (nSPS) is 19.8. The van der Waals surface area contributed by atoms with Gasteiger partial charge in [0, 0.05) is 4.88 Å². The Labute approximate surface area is 139 Å². The Morgan fingerprint density at radius 2 is 2.17 bits per heavy atom. The molecule has 2 heterocycles. The van der Waals surface area contributed by atoms with Crippen LogP contribution in [-0.4, -0.2) is 18.4 Å². The van der Waals surface area contributed by atoms with Gasteiger partial charge in [0.15, 0.2) is 0 Å². The number of benzene rings is 1. The van der Waals surface area contributed by atoms with Crippen molar-refractivity contribution in [3.05, 3.63) is 45.6 Å². The third kappa shape index (κ3) is 2.55. The Balaban J connectivity index is 1.69. The summed E-state index contributed by atoms with van der Waals surface area (Å²) in [4.78, 5) is 28.5. The molecule has 0 bridgehead atoms. The summed E-state index contributed by atoms with van der Waals surface area (Å²) in [6.45, 7) is 2.34. The third-order valence-corrected chi connectivity index (χ3v) is 5.78. The molecule has 1 N–H and O–H groups in total. The van der Waals surface area contributed by atoms with Crippen molar-refractivity contribution in [1.82, 2.24) is 0 Å². The monoisotopic (exact) mass is 326 g/mol. The van der Waals surface area contributed by atoms with Crippen molar-refractivity contribution >= 4 is 34.5 Å². The first-order valence-corrected chi connectivity index (χ1v) is 8.76. The van der Waals surface area contributed by atoms with Crippen LogP contribution >= 0.6 is 11.3 Å². The van der Waals surface area contributed by atoms with Gasteiger partial charge in [0.25, 0.3) is 5.91 Å². The molecule has 2 amide bonds. The van der Waals surface area contributed by atoms with Crippen LogP contribution < -0.4 is 10.2 Å². The summed E-state index contributed by atoms with van der Waals surface area (Å²) in [5, 5.41) is 2.82. The lowest BCUT2D eigenvalue weighted by Crippen LogP contribution is -2.41. The van der Waals surface area contributed by atoms with Crippen LogP contribution in [0, 0.1) is 5.92 Å². The second-order valence-electron chi connectivity index (χ2n) is 6.36. The Morgan fingerprint density at radius 3 is 3.04 bits per heavy atom. The van der Waals surface area contributed by atoms with Crippen molar-refractivity contribution in [3.63, 3.8) is 0 Å². The first-order valence-electron chi connectivity index (χ1n) is 7.94. The number of thiophene rings is 1. The smallest absolute Gasteiger partial charge is 0.268 e. The molecule has 0 spiro atoms. The summed E-state index contributed by atoms with van der Waals surface area (Å²) >= 11 is 1.59. The van der Waals surface area contributed by atoms with Crippen molar-refractivity contribution in [2.45, 2.75) is 26.2 Å². The van der Waals surface area contributed by atoms with Gasteiger partial charge in [0.05, 0.1) is 16.3 Å². The highest BCUT2D eigenvalue weighted by atomic mass is 32.1. The molecule has 0 fully saturated rings. The van der Waals surface area contributed by atoms with E-state index in [-0.39, 0.29) is 18.4 Å². The van der Waals surface area contributed by atoms with Crippen LogP contribution in [0.4, 0.5) is 11.4 Å². The number of anilines is 2. The fourth-order valence-corrected chi connectivity index (χ4v) is 4.52. The Kier molecular flexibility index (Phi) is 3.45. The standard InChI is InChI=1S/C18H18N2O2S/c1-11-6-7-15-12(8-11)9-16(23-15)18(22)20-10-17(21)19-13-4-2-3-5-14(13)20/h2-5,9,11H,6-8,10H2,1H3,(H,19,21). The van der Waals surface area contributed by atoms with Crippen molar-refractivity contribution in [3.8, 4) is 0 Å². The maximum atomic E-state index is 13.0. The lowest BCUT2D eigenvalue weighted by molar-refractivity contribution is -0.115. The molecule has 4 rings (SSSR count). The molecule has 1 aliphatic carbocycles. The molecule has 1 atom stereocenters.